The van der Waals surface area contributed by atoms with Gasteiger partial charge in [-0.2, -0.15) is 0 Å². The highest BCUT2D eigenvalue weighted by atomic mass is 16.2. The Labute approximate surface area is 108 Å². The second-order valence-corrected chi connectivity index (χ2v) is 5.54. The number of carbonyl (C=O) groups excluding carboxylic acids is 1. The van der Waals surface area contributed by atoms with Gasteiger partial charge in [0.25, 0.3) is 0 Å². The van der Waals surface area contributed by atoms with Gasteiger partial charge in [0, 0.05) is 25.0 Å². The molecule has 18 heavy (non-hydrogen) atoms. The van der Waals surface area contributed by atoms with Crippen molar-refractivity contribution in [3.05, 3.63) is 35.4 Å². The quantitative estimate of drug-likeness (QED) is 0.810. The van der Waals surface area contributed by atoms with Crippen molar-refractivity contribution in [1.82, 2.24) is 4.90 Å². The van der Waals surface area contributed by atoms with E-state index in [1.165, 1.54) is 11.1 Å². The van der Waals surface area contributed by atoms with E-state index in [9.17, 15) is 4.79 Å². The zero-order valence-electron chi connectivity index (χ0n) is 10.6. The first kappa shape index (κ1) is 11.7. The molecule has 0 aromatic heterocycles. The van der Waals surface area contributed by atoms with E-state index >= 15 is 0 Å². The standard InChI is InChI=1S/C15H20N2O/c16-14-5-7-17(8-6-14)15(18)13-9-11-3-1-2-4-12(11)10-13/h1-4,13-14H,5-10,16H2. The van der Waals surface area contributed by atoms with Crippen LogP contribution in [0.3, 0.4) is 0 Å². The fourth-order valence-electron chi connectivity index (χ4n) is 3.11. The van der Waals surface area contributed by atoms with Crippen LogP contribution in [-0.4, -0.2) is 29.9 Å². The average Bonchev–Trinajstić information content (AvgIpc) is 2.82. The number of benzene rings is 1. The van der Waals surface area contributed by atoms with E-state index in [-0.39, 0.29) is 12.0 Å². The molecule has 0 unspecified atom stereocenters. The molecule has 1 aromatic rings. The molecule has 2 N–H and O–H groups in total. The molecule has 3 nitrogen and oxygen atoms in total. The predicted octanol–water partition coefficient (Wildman–Crippen LogP) is 1.35. The predicted molar refractivity (Wildman–Crippen MR) is 71.1 cm³/mol. The highest BCUT2D eigenvalue weighted by molar-refractivity contribution is 5.80. The molecule has 1 fully saturated rings. The average molecular weight is 244 g/mol. The molecule has 0 radical (unpaired) electrons. The molecule has 1 aliphatic heterocycles. The van der Waals surface area contributed by atoms with Crippen LogP contribution in [0, 0.1) is 5.92 Å². The highest BCUT2D eigenvalue weighted by Gasteiger charge is 2.31. The fourth-order valence-corrected chi connectivity index (χ4v) is 3.11. The molecular weight excluding hydrogens is 224 g/mol. The van der Waals surface area contributed by atoms with E-state index < -0.39 is 0 Å². The maximum absolute atomic E-state index is 12.5. The minimum absolute atomic E-state index is 0.164. The first-order valence-corrected chi connectivity index (χ1v) is 6.85. The van der Waals surface area contributed by atoms with Gasteiger partial charge in [-0.3, -0.25) is 4.79 Å². The molecule has 0 saturated carbocycles. The molecule has 0 atom stereocenters. The number of amides is 1. The lowest BCUT2D eigenvalue weighted by Crippen LogP contribution is -2.45. The van der Waals surface area contributed by atoms with E-state index in [0.29, 0.717) is 5.91 Å². The maximum Gasteiger partial charge on any atom is 0.226 e. The topological polar surface area (TPSA) is 46.3 Å². The Hall–Kier alpha value is -1.35. The van der Waals surface area contributed by atoms with Gasteiger partial charge in [0.2, 0.25) is 5.91 Å². The molecule has 96 valence electrons. The summed E-state index contributed by atoms with van der Waals surface area (Å²) in [6.07, 6.45) is 3.73. The molecule has 0 bridgehead atoms. The number of piperidine rings is 1. The van der Waals surface area contributed by atoms with Gasteiger partial charge in [-0.25, -0.2) is 0 Å². The van der Waals surface area contributed by atoms with Gasteiger partial charge >= 0.3 is 0 Å². The van der Waals surface area contributed by atoms with E-state index in [4.69, 9.17) is 5.73 Å². The molecule has 1 aromatic carbocycles. The van der Waals surface area contributed by atoms with Crippen LogP contribution in [0.15, 0.2) is 24.3 Å². The third-order valence-corrected chi connectivity index (χ3v) is 4.25. The number of hydrogen-bond acceptors (Lipinski definition) is 2. The molecule has 0 spiro atoms. The van der Waals surface area contributed by atoms with Gasteiger partial charge < -0.3 is 10.6 Å². The summed E-state index contributed by atoms with van der Waals surface area (Å²) in [4.78, 5) is 14.5. The fraction of sp³-hybridized carbons (Fsp3) is 0.533. The van der Waals surface area contributed by atoms with Gasteiger partial charge in [-0.1, -0.05) is 24.3 Å². The van der Waals surface area contributed by atoms with Crippen molar-refractivity contribution in [2.75, 3.05) is 13.1 Å². The lowest BCUT2D eigenvalue weighted by atomic mass is 10.0. The van der Waals surface area contributed by atoms with Crippen molar-refractivity contribution in [2.24, 2.45) is 11.7 Å². The Morgan fingerprint density at radius 2 is 1.67 bits per heavy atom. The molecule has 2 aliphatic rings. The third-order valence-electron chi connectivity index (χ3n) is 4.25. The Morgan fingerprint density at radius 1 is 1.11 bits per heavy atom. The normalized spacial score (nSPS) is 21.1. The summed E-state index contributed by atoms with van der Waals surface area (Å²) in [6, 6.07) is 8.70. The van der Waals surface area contributed by atoms with Gasteiger partial charge in [-0.05, 0) is 36.8 Å². The molecule has 3 heteroatoms. The van der Waals surface area contributed by atoms with Crippen LogP contribution in [0.5, 0.6) is 0 Å². The number of carbonyl (C=O) groups is 1. The second kappa shape index (κ2) is 4.73. The lowest BCUT2D eigenvalue weighted by molar-refractivity contribution is -0.136. The zero-order valence-corrected chi connectivity index (χ0v) is 10.6. The number of nitrogens with zero attached hydrogens (tertiary/aromatic N) is 1. The van der Waals surface area contributed by atoms with Crippen LogP contribution in [-0.2, 0) is 17.6 Å². The Morgan fingerprint density at radius 3 is 2.22 bits per heavy atom. The van der Waals surface area contributed by atoms with E-state index in [0.717, 1.165) is 38.8 Å². The van der Waals surface area contributed by atoms with Gasteiger partial charge in [0.15, 0.2) is 0 Å². The summed E-state index contributed by atoms with van der Waals surface area (Å²) < 4.78 is 0. The smallest absolute Gasteiger partial charge is 0.226 e. The molecule has 1 amide bonds. The van der Waals surface area contributed by atoms with Crippen LogP contribution >= 0.6 is 0 Å². The van der Waals surface area contributed by atoms with Crippen molar-refractivity contribution >= 4 is 5.91 Å². The van der Waals surface area contributed by atoms with Crippen LogP contribution in [0.4, 0.5) is 0 Å². The summed E-state index contributed by atoms with van der Waals surface area (Å²) in [5, 5.41) is 0. The van der Waals surface area contributed by atoms with Crippen molar-refractivity contribution in [2.45, 2.75) is 31.7 Å². The first-order valence-electron chi connectivity index (χ1n) is 6.85. The molecule has 1 heterocycles. The van der Waals surface area contributed by atoms with Gasteiger partial charge in [-0.15, -0.1) is 0 Å². The summed E-state index contributed by atoms with van der Waals surface area (Å²) in [5.41, 5.74) is 8.58. The number of fused-ring (bicyclic) bond motifs is 1. The summed E-state index contributed by atoms with van der Waals surface area (Å²) in [7, 11) is 0. The van der Waals surface area contributed by atoms with Crippen molar-refractivity contribution in [3.8, 4) is 0 Å². The SMILES string of the molecule is NC1CCN(C(=O)C2Cc3ccccc3C2)CC1. The Balaban J connectivity index is 1.65. The number of likely N-dealkylation sites (tertiary alicyclic amines) is 1. The van der Waals surface area contributed by atoms with Gasteiger partial charge in [0.1, 0.15) is 0 Å². The lowest BCUT2D eigenvalue weighted by Gasteiger charge is -2.32. The van der Waals surface area contributed by atoms with Crippen molar-refractivity contribution in [1.29, 1.82) is 0 Å². The maximum atomic E-state index is 12.5. The summed E-state index contributed by atoms with van der Waals surface area (Å²) in [6.45, 7) is 1.68. The second-order valence-electron chi connectivity index (χ2n) is 5.54. The number of hydrogen-bond donors (Lipinski definition) is 1. The Bertz CT molecular complexity index is 425. The number of rotatable bonds is 1. The number of nitrogens with two attached hydrogens (primary N) is 1. The molecule has 1 aliphatic carbocycles. The summed E-state index contributed by atoms with van der Waals surface area (Å²) in [5.74, 6) is 0.495. The largest absolute Gasteiger partial charge is 0.342 e. The Kier molecular flexibility index (Phi) is 3.08. The van der Waals surface area contributed by atoms with Crippen LogP contribution in [0.1, 0.15) is 24.0 Å². The van der Waals surface area contributed by atoms with Gasteiger partial charge in [0.05, 0.1) is 0 Å². The molecular formula is C15H20N2O. The van der Waals surface area contributed by atoms with E-state index in [1.54, 1.807) is 0 Å². The molecule has 1 saturated heterocycles. The zero-order chi connectivity index (χ0) is 12.5. The van der Waals surface area contributed by atoms with Crippen LogP contribution in [0.25, 0.3) is 0 Å². The van der Waals surface area contributed by atoms with Crippen molar-refractivity contribution < 1.29 is 4.79 Å². The first-order chi connectivity index (χ1) is 8.74. The highest BCUT2D eigenvalue weighted by Crippen LogP contribution is 2.28. The summed E-state index contributed by atoms with van der Waals surface area (Å²) >= 11 is 0. The van der Waals surface area contributed by atoms with Crippen molar-refractivity contribution in [3.63, 3.8) is 0 Å². The minimum atomic E-state index is 0.164. The van der Waals surface area contributed by atoms with E-state index in [1.807, 2.05) is 4.90 Å². The van der Waals surface area contributed by atoms with E-state index in [2.05, 4.69) is 24.3 Å². The minimum Gasteiger partial charge on any atom is -0.342 e. The molecule has 3 rings (SSSR count). The monoisotopic (exact) mass is 244 g/mol. The third kappa shape index (κ3) is 2.15. The van der Waals surface area contributed by atoms with Crippen LogP contribution in [0.2, 0.25) is 0 Å². The van der Waals surface area contributed by atoms with Crippen LogP contribution < -0.4 is 5.73 Å².